The van der Waals surface area contributed by atoms with E-state index < -0.39 is 0 Å². The van der Waals surface area contributed by atoms with Crippen LogP contribution in [0, 0.1) is 18.8 Å². The fraction of sp³-hybridized carbons (Fsp3) is 0.824. The Balaban J connectivity index is 1.95. The van der Waals surface area contributed by atoms with Crippen LogP contribution in [0.5, 0.6) is 0 Å². The summed E-state index contributed by atoms with van der Waals surface area (Å²) in [7, 11) is 0. The summed E-state index contributed by atoms with van der Waals surface area (Å²) in [5.41, 5.74) is 1.37. The first kappa shape index (κ1) is 16.0. The van der Waals surface area contributed by atoms with Crippen LogP contribution in [-0.2, 0) is 5.41 Å². The van der Waals surface area contributed by atoms with Crippen molar-refractivity contribution in [2.75, 3.05) is 6.54 Å². The van der Waals surface area contributed by atoms with Gasteiger partial charge < -0.3 is 5.32 Å². The largest absolute Gasteiger partial charge is 0.309 e. The minimum absolute atomic E-state index is 0.161. The minimum atomic E-state index is 0.161. The highest BCUT2D eigenvalue weighted by molar-refractivity contribution is 7.12. The van der Waals surface area contributed by atoms with Gasteiger partial charge in [-0.15, -0.1) is 11.3 Å². The fourth-order valence-corrected chi connectivity index (χ4v) is 4.23. The van der Waals surface area contributed by atoms with Crippen molar-refractivity contribution < 1.29 is 0 Å². The Labute approximate surface area is 128 Å². The van der Waals surface area contributed by atoms with E-state index in [0.29, 0.717) is 6.04 Å². The molecule has 1 aromatic rings. The van der Waals surface area contributed by atoms with Gasteiger partial charge in [-0.05, 0) is 45.1 Å². The van der Waals surface area contributed by atoms with Gasteiger partial charge in [-0.1, -0.05) is 34.1 Å². The van der Waals surface area contributed by atoms with E-state index in [1.807, 2.05) is 11.3 Å². The SMILES string of the molecule is Cc1nc(C(C)(C)C)sc1C(C)NCC1CCC(C)C1. The Morgan fingerprint density at radius 3 is 2.55 bits per heavy atom. The van der Waals surface area contributed by atoms with E-state index in [9.17, 15) is 0 Å². The maximum absolute atomic E-state index is 4.77. The number of nitrogens with one attached hydrogen (secondary N) is 1. The fourth-order valence-electron chi connectivity index (χ4n) is 3.08. The van der Waals surface area contributed by atoms with Crippen LogP contribution >= 0.6 is 11.3 Å². The quantitative estimate of drug-likeness (QED) is 0.860. The van der Waals surface area contributed by atoms with Crippen LogP contribution in [0.25, 0.3) is 0 Å². The van der Waals surface area contributed by atoms with E-state index in [1.165, 1.54) is 34.8 Å². The molecule has 114 valence electrons. The predicted molar refractivity (Wildman–Crippen MR) is 88.5 cm³/mol. The lowest BCUT2D eigenvalue weighted by Crippen LogP contribution is -2.24. The summed E-state index contributed by atoms with van der Waals surface area (Å²) in [5, 5.41) is 4.99. The van der Waals surface area contributed by atoms with Crippen molar-refractivity contribution in [3.63, 3.8) is 0 Å². The lowest BCUT2D eigenvalue weighted by atomic mass is 9.98. The summed E-state index contributed by atoms with van der Waals surface area (Å²) in [5.74, 6) is 1.80. The zero-order valence-electron chi connectivity index (χ0n) is 13.9. The second-order valence-corrected chi connectivity index (χ2v) is 8.66. The van der Waals surface area contributed by atoms with E-state index in [0.717, 1.165) is 18.4 Å². The zero-order valence-corrected chi connectivity index (χ0v) is 14.7. The number of thiazole rings is 1. The van der Waals surface area contributed by atoms with Gasteiger partial charge in [0.25, 0.3) is 0 Å². The predicted octanol–water partition coefficient (Wildman–Crippen LogP) is 4.84. The Morgan fingerprint density at radius 1 is 1.35 bits per heavy atom. The van der Waals surface area contributed by atoms with Crippen molar-refractivity contribution in [1.29, 1.82) is 0 Å². The van der Waals surface area contributed by atoms with Gasteiger partial charge in [0, 0.05) is 16.3 Å². The first-order valence-electron chi connectivity index (χ1n) is 7.98. The van der Waals surface area contributed by atoms with E-state index in [2.05, 4.69) is 46.9 Å². The standard InChI is InChI=1S/C17H30N2S/c1-11-7-8-14(9-11)10-18-12(2)15-13(3)19-16(20-15)17(4,5)6/h11-12,14,18H,7-10H2,1-6H3. The molecule has 1 fully saturated rings. The molecule has 0 bridgehead atoms. The number of hydrogen-bond donors (Lipinski definition) is 1. The van der Waals surface area contributed by atoms with Gasteiger partial charge in [0.15, 0.2) is 0 Å². The molecule has 1 heterocycles. The number of aryl methyl sites for hydroxylation is 1. The molecule has 2 rings (SSSR count). The van der Waals surface area contributed by atoms with Gasteiger partial charge >= 0.3 is 0 Å². The molecule has 3 heteroatoms. The third-order valence-electron chi connectivity index (χ3n) is 4.38. The van der Waals surface area contributed by atoms with Crippen molar-refractivity contribution in [3.8, 4) is 0 Å². The summed E-state index contributed by atoms with van der Waals surface area (Å²) in [6.07, 6.45) is 4.21. The third kappa shape index (κ3) is 3.82. The Hall–Kier alpha value is -0.410. The van der Waals surface area contributed by atoms with Crippen molar-refractivity contribution in [1.82, 2.24) is 10.3 Å². The second kappa shape index (κ2) is 6.15. The molecule has 1 aliphatic carbocycles. The number of aromatic nitrogens is 1. The Kier molecular flexibility index (Phi) is 4.91. The maximum Gasteiger partial charge on any atom is 0.0985 e. The van der Waals surface area contributed by atoms with Crippen LogP contribution in [0.4, 0.5) is 0 Å². The second-order valence-electron chi connectivity index (χ2n) is 7.63. The lowest BCUT2D eigenvalue weighted by molar-refractivity contribution is 0.442. The van der Waals surface area contributed by atoms with Gasteiger partial charge in [-0.2, -0.15) is 0 Å². The monoisotopic (exact) mass is 294 g/mol. The van der Waals surface area contributed by atoms with Crippen molar-refractivity contribution in [2.24, 2.45) is 11.8 Å². The molecule has 0 amide bonds. The van der Waals surface area contributed by atoms with Gasteiger partial charge in [-0.25, -0.2) is 4.98 Å². The van der Waals surface area contributed by atoms with E-state index in [1.54, 1.807) is 0 Å². The van der Waals surface area contributed by atoms with Crippen LogP contribution in [0.3, 0.4) is 0 Å². The smallest absolute Gasteiger partial charge is 0.0985 e. The Morgan fingerprint density at radius 2 is 2.05 bits per heavy atom. The van der Waals surface area contributed by atoms with E-state index in [4.69, 9.17) is 4.98 Å². The van der Waals surface area contributed by atoms with Gasteiger partial charge in [0.2, 0.25) is 0 Å². The van der Waals surface area contributed by atoms with Crippen LogP contribution in [0.2, 0.25) is 0 Å². The highest BCUT2D eigenvalue weighted by Crippen LogP contribution is 2.33. The van der Waals surface area contributed by atoms with Crippen LogP contribution in [-0.4, -0.2) is 11.5 Å². The molecular weight excluding hydrogens is 264 g/mol. The topological polar surface area (TPSA) is 24.9 Å². The molecule has 0 radical (unpaired) electrons. The molecule has 0 aliphatic heterocycles. The van der Waals surface area contributed by atoms with Gasteiger partial charge in [0.1, 0.15) is 0 Å². The Bertz CT molecular complexity index is 444. The van der Waals surface area contributed by atoms with Crippen molar-refractivity contribution >= 4 is 11.3 Å². The molecular formula is C17H30N2S. The highest BCUT2D eigenvalue weighted by Gasteiger charge is 2.24. The first-order chi connectivity index (χ1) is 9.27. The van der Waals surface area contributed by atoms with Crippen LogP contribution < -0.4 is 5.32 Å². The van der Waals surface area contributed by atoms with Crippen LogP contribution in [0.1, 0.15) is 75.5 Å². The van der Waals surface area contributed by atoms with E-state index in [-0.39, 0.29) is 5.41 Å². The van der Waals surface area contributed by atoms with Gasteiger partial charge in [0.05, 0.1) is 10.7 Å². The molecule has 1 aromatic heterocycles. The number of rotatable bonds is 4. The zero-order chi connectivity index (χ0) is 14.9. The molecule has 2 nitrogen and oxygen atoms in total. The molecule has 0 aromatic carbocycles. The first-order valence-corrected chi connectivity index (χ1v) is 8.80. The lowest BCUT2D eigenvalue weighted by Gasteiger charge is -2.17. The molecule has 1 N–H and O–H groups in total. The molecule has 0 spiro atoms. The van der Waals surface area contributed by atoms with Crippen LogP contribution in [0.15, 0.2) is 0 Å². The summed E-state index contributed by atoms with van der Waals surface area (Å²) in [6.45, 7) is 14.7. The summed E-state index contributed by atoms with van der Waals surface area (Å²) in [4.78, 5) is 6.19. The normalized spacial score (nSPS) is 25.1. The molecule has 1 aliphatic rings. The highest BCUT2D eigenvalue weighted by atomic mass is 32.1. The third-order valence-corrected chi connectivity index (χ3v) is 6.15. The molecule has 1 saturated carbocycles. The molecule has 0 saturated heterocycles. The molecule has 3 unspecified atom stereocenters. The maximum atomic E-state index is 4.77. The van der Waals surface area contributed by atoms with Gasteiger partial charge in [-0.3, -0.25) is 0 Å². The molecule has 3 atom stereocenters. The average molecular weight is 295 g/mol. The molecule has 20 heavy (non-hydrogen) atoms. The number of hydrogen-bond acceptors (Lipinski definition) is 3. The average Bonchev–Trinajstić information content (AvgIpc) is 2.92. The minimum Gasteiger partial charge on any atom is -0.309 e. The number of nitrogens with zero attached hydrogens (tertiary/aromatic N) is 1. The summed E-state index contributed by atoms with van der Waals surface area (Å²) >= 11 is 1.88. The van der Waals surface area contributed by atoms with Crippen molar-refractivity contribution in [2.45, 2.75) is 72.3 Å². The van der Waals surface area contributed by atoms with E-state index >= 15 is 0 Å². The van der Waals surface area contributed by atoms with Crippen molar-refractivity contribution in [3.05, 3.63) is 15.6 Å². The summed E-state index contributed by atoms with van der Waals surface area (Å²) < 4.78 is 0. The summed E-state index contributed by atoms with van der Waals surface area (Å²) in [6, 6.07) is 0.430.